The van der Waals surface area contributed by atoms with Gasteiger partial charge in [-0.15, -0.1) is 0 Å². The molecule has 0 rings (SSSR count). The van der Waals surface area contributed by atoms with E-state index in [0.29, 0.717) is 0 Å². The molecule has 0 unspecified atom stereocenters. The maximum absolute atomic E-state index is 9.86. The second-order valence-corrected chi connectivity index (χ2v) is 3.67. The Bertz CT molecular complexity index is 329. The first-order valence-corrected chi connectivity index (χ1v) is 5.40. The Labute approximate surface area is 130 Å². The molecule has 0 aromatic heterocycles. The molecule has 0 aromatic carbocycles. The van der Waals surface area contributed by atoms with Gasteiger partial charge in [-0.1, -0.05) is 0 Å². The van der Waals surface area contributed by atoms with Crippen molar-refractivity contribution in [1.29, 1.82) is 0 Å². The summed E-state index contributed by atoms with van der Waals surface area (Å²) in [6.07, 6.45) is -1.00. The summed E-state index contributed by atoms with van der Waals surface area (Å²) in [6, 6.07) is -2.42. The third-order valence-electron chi connectivity index (χ3n) is 1.92. The van der Waals surface area contributed by atoms with E-state index in [9.17, 15) is 39.6 Å². The van der Waals surface area contributed by atoms with Gasteiger partial charge in [0.05, 0.1) is 11.9 Å². The van der Waals surface area contributed by atoms with Gasteiger partial charge in [0.2, 0.25) is 0 Å². The minimum atomic E-state index is -1.44. The van der Waals surface area contributed by atoms with E-state index in [1.807, 2.05) is 0 Å². The molecule has 0 fully saturated rings. The summed E-state index contributed by atoms with van der Waals surface area (Å²) in [5.74, 6) is -5.50. The monoisotopic (exact) mass is 346 g/mol. The third kappa shape index (κ3) is 18.3. The topological polar surface area (TPSA) is 213 Å². The number of rotatable bonds is 8. The van der Waals surface area contributed by atoms with Crippen LogP contribution in [0.15, 0.2) is 0 Å². The normalized spacial score (nSPS) is 11.9. The molecule has 0 saturated carbocycles. The maximum Gasteiger partial charge on any atom is 4.00 e. The Balaban J connectivity index is -0.000000295. The maximum atomic E-state index is 9.86. The second-order valence-electron chi connectivity index (χ2n) is 3.67. The number of nitrogens with two attached hydrogens (primary N) is 2. The van der Waals surface area contributed by atoms with Crippen LogP contribution in [0.25, 0.3) is 0 Å². The van der Waals surface area contributed by atoms with Crippen molar-refractivity contribution in [2.24, 2.45) is 11.5 Å². The first-order chi connectivity index (χ1) is 9.07. The number of hydrogen-bond donors (Lipinski definition) is 2. The predicted octanol–water partition coefficient (Wildman–Crippen LogP) is -6.82. The summed E-state index contributed by atoms with van der Waals surface area (Å²) in [6.45, 7) is 0. The third-order valence-corrected chi connectivity index (χ3v) is 1.92. The molecule has 0 spiro atoms. The molecule has 0 aromatic rings. The Morgan fingerprint density at radius 2 is 0.952 bits per heavy atom. The van der Waals surface area contributed by atoms with Crippen molar-refractivity contribution in [3.8, 4) is 0 Å². The van der Waals surface area contributed by atoms with Gasteiger partial charge in [0.15, 0.2) is 0 Å². The summed E-state index contributed by atoms with van der Waals surface area (Å²) in [5, 5.41) is 39.2. The van der Waals surface area contributed by atoms with Crippen LogP contribution in [0.1, 0.15) is 25.7 Å². The molecule has 11 heteroatoms. The van der Waals surface area contributed by atoms with Gasteiger partial charge in [0, 0.05) is 24.0 Å². The molecule has 0 saturated heterocycles. The van der Waals surface area contributed by atoms with Gasteiger partial charge < -0.3 is 51.1 Å². The van der Waals surface area contributed by atoms with Gasteiger partial charge in [-0.3, -0.25) is 0 Å². The Kier molecular flexibility index (Phi) is 15.4. The number of hydrogen-bond acceptors (Lipinski definition) is 10. The van der Waals surface area contributed by atoms with Crippen LogP contribution in [-0.2, 0) is 36.2 Å². The van der Waals surface area contributed by atoms with Gasteiger partial charge in [0.1, 0.15) is 0 Å². The molecule has 0 bridgehead atoms. The molecule has 0 radical (unpaired) electrons. The van der Waals surface area contributed by atoms with Crippen LogP contribution in [0.5, 0.6) is 0 Å². The Morgan fingerprint density at radius 3 is 1.10 bits per heavy atom. The molecule has 0 heterocycles. The van der Waals surface area contributed by atoms with E-state index in [1.165, 1.54) is 0 Å². The number of carboxylic acid groups (broad SMARTS) is 4. The minimum Gasteiger partial charge on any atom is -0.550 e. The SMILES string of the molecule is N[C@@H](CCC(=O)[O-])C(=O)[O-].N[C@@H](CCC(=O)[O-])C(=O)[O-].[Fe+4]. The van der Waals surface area contributed by atoms with Crippen molar-refractivity contribution in [3.05, 3.63) is 0 Å². The minimum absolute atomic E-state index is 0. The molecule has 120 valence electrons. The standard InChI is InChI=1S/2C5H9NO4.Fe/c2*6-3(5(9)10)1-2-4(7)8;/h2*3H,1-2,6H2,(H,7,8)(H,9,10);/q;;+4/p-4/t2*3-;/m00./s1. The number of carbonyl (C=O) groups excluding carboxylic acids is 4. The zero-order chi connectivity index (χ0) is 16.3. The van der Waals surface area contributed by atoms with Crippen LogP contribution >= 0.6 is 0 Å². The van der Waals surface area contributed by atoms with Crippen molar-refractivity contribution in [1.82, 2.24) is 0 Å². The number of carboxylic acids is 4. The van der Waals surface area contributed by atoms with E-state index in [2.05, 4.69) is 0 Å². The largest absolute Gasteiger partial charge is 4.00 e. The molecule has 0 aliphatic heterocycles. The summed E-state index contributed by atoms with van der Waals surface area (Å²) in [5.41, 5.74) is 9.82. The van der Waals surface area contributed by atoms with Crippen molar-refractivity contribution >= 4 is 23.9 Å². The average Bonchev–Trinajstić information content (AvgIpc) is 2.33. The van der Waals surface area contributed by atoms with Gasteiger partial charge in [-0.2, -0.15) is 0 Å². The number of carbonyl (C=O) groups is 4. The second kappa shape index (κ2) is 13.3. The van der Waals surface area contributed by atoms with Crippen LogP contribution in [0.4, 0.5) is 0 Å². The van der Waals surface area contributed by atoms with Gasteiger partial charge >= 0.3 is 17.1 Å². The molecule has 0 aliphatic rings. The van der Waals surface area contributed by atoms with Crippen molar-refractivity contribution in [3.63, 3.8) is 0 Å². The Morgan fingerprint density at radius 1 is 0.714 bits per heavy atom. The summed E-state index contributed by atoms with van der Waals surface area (Å²) >= 11 is 0. The van der Waals surface area contributed by atoms with E-state index < -0.39 is 36.0 Å². The zero-order valence-electron chi connectivity index (χ0n) is 10.8. The van der Waals surface area contributed by atoms with Crippen LogP contribution < -0.4 is 31.9 Å². The first kappa shape index (κ1) is 24.3. The van der Waals surface area contributed by atoms with E-state index in [1.54, 1.807) is 0 Å². The molecule has 0 aliphatic carbocycles. The van der Waals surface area contributed by atoms with Crippen LogP contribution in [0.3, 0.4) is 0 Å². The van der Waals surface area contributed by atoms with E-state index in [0.717, 1.165) is 0 Å². The quantitative estimate of drug-likeness (QED) is 0.396. The predicted molar refractivity (Wildman–Crippen MR) is 54.4 cm³/mol. The van der Waals surface area contributed by atoms with Crippen molar-refractivity contribution in [2.45, 2.75) is 37.8 Å². The van der Waals surface area contributed by atoms with E-state index in [-0.39, 0.29) is 42.8 Å². The fourth-order valence-electron chi connectivity index (χ4n) is 0.782. The fourth-order valence-corrected chi connectivity index (χ4v) is 0.782. The molecule has 10 nitrogen and oxygen atoms in total. The first-order valence-electron chi connectivity index (χ1n) is 5.40. The number of aliphatic carboxylic acids is 4. The van der Waals surface area contributed by atoms with Crippen molar-refractivity contribution in [2.75, 3.05) is 0 Å². The van der Waals surface area contributed by atoms with E-state index >= 15 is 0 Å². The van der Waals surface area contributed by atoms with Gasteiger partial charge in [-0.25, -0.2) is 0 Å². The molecule has 0 amide bonds. The molecule has 2 atom stereocenters. The van der Waals surface area contributed by atoms with Crippen LogP contribution in [0, 0.1) is 0 Å². The molecular formula is C10H14FeN2O8. The van der Waals surface area contributed by atoms with Gasteiger partial charge in [-0.05, 0) is 25.7 Å². The van der Waals surface area contributed by atoms with Crippen LogP contribution in [-0.4, -0.2) is 36.0 Å². The molecule has 4 N–H and O–H groups in total. The van der Waals surface area contributed by atoms with E-state index in [4.69, 9.17) is 11.5 Å². The summed E-state index contributed by atoms with van der Waals surface area (Å²) in [4.78, 5) is 39.2. The fraction of sp³-hybridized carbons (Fsp3) is 0.600. The average molecular weight is 346 g/mol. The Hall–Kier alpha value is -1.68. The summed E-state index contributed by atoms with van der Waals surface area (Å²) < 4.78 is 0. The van der Waals surface area contributed by atoms with Gasteiger partial charge in [0.25, 0.3) is 0 Å². The molecular weight excluding hydrogens is 332 g/mol. The van der Waals surface area contributed by atoms with Crippen LogP contribution in [0.2, 0.25) is 0 Å². The van der Waals surface area contributed by atoms with Crippen molar-refractivity contribution < 1.29 is 56.7 Å². The molecule has 21 heavy (non-hydrogen) atoms. The smallest absolute Gasteiger partial charge is 0.550 e. The summed E-state index contributed by atoms with van der Waals surface area (Å²) in [7, 11) is 0. The zero-order valence-corrected chi connectivity index (χ0v) is 11.9.